The highest BCUT2D eigenvalue weighted by Crippen LogP contribution is 2.11. The minimum Gasteiger partial charge on any atom is -0.384 e. The predicted molar refractivity (Wildman–Crippen MR) is 66.4 cm³/mol. The molecular weight excluding hydrogens is 231 g/mol. The second-order valence-corrected chi connectivity index (χ2v) is 3.88. The minimum absolute atomic E-state index is 0.274. The summed E-state index contributed by atoms with van der Waals surface area (Å²) in [4.78, 5) is 4.13. The maximum atomic E-state index is 13.4. The van der Waals surface area contributed by atoms with Crippen LogP contribution in [0.4, 0.5) is 4.39 Å². The Bertz CT molecular complexity index is 608. The average molecular weight is 244 g/mol. The monoisotopic (exact) mass is 244 g/mol. The van der Waals surface area contributed by atoms with E-state index in [1.807, 2.05) is 17.7 Å². The summed E-state index contributed by atoms with van der Waals surface area (Å²) in [7, 11) is 0. The van der Waals surface area contributed by atoms with E-state index in [0.717, 1.165) is 11.4 Å². The first-order chi connectivity index (χ1) is 8.70. The molecule has 0 aliphatic heterocycles. The van der Waals surface area contributed by atoms with Crippen LogP contribution in [0.2, 0.25) is 0 Å². The molecule has 1 heterocycles. The summed E-state index contributed by atoms with van der Waals surface area (Å²) in [6, 6.07) is 4.80. The van der Waals surface area contributed by atoms with Crippen LogP contribution in [0.15, 0.2) is 30.6 Å². The third kappa shape index (κ3) is 2.76. The van der Waals surface area contributed by atoms with Gasteiger partial charge in [0.25, 0.3) is 0 Å². The van der Waals surface area contributed by atoms with Gasteiger partial charge in [0.05, 0.1) is 5.56 Å². The van der Waals surface area contributed by atoms with Gasteiger partial charge in [-0.25, -0.2) is 9.37 Å². The second kappa shape index (κ2) is 5.48. The van der Waals surface area contributed by atoms with Crippen LogP contribution in [-0.4, -0.2) is 21.3 Å². The van der Waals surface area contributed by atoms with Crippen molar-refractivity contribution in [2.75, 3.05) is 6.61 Å². The van der Waals surface area contributed by atoms with Crippen LogP contribution in [0.3, 0.4) is 0 Å². The van der Waals surface area contributed by atoms with Crippen molar-refractivity contribution in [1.29, 1.82) is 0 Å². The summed E-state index contributed by atoms with van der Waals surface area (Å²) >= 11 is 0. The molecule has 2 aromatic rings. The fourth-order valence-electron chi connectivity index (χ4n) is 1.67. The molecule has 1 aromatic heterocycles. The number of halogens is 1. The molecule has 3 nitrogen and oxygen atoms in total. The zero-order chi connectivity index (χ0) is 13.0. The molecule has 0 atom stereocenters. The standard InChI is InChI=1S/C14H13FN2O/c1-11-16-6-7-17(11)10-12-4-5-14(15)13(9-12)3-2-8-18/h4-7,9,18H,8,10H2,1H3. The zero-order valence-electron chi connectivity index (χ0n) is 10.0. The second-order valence-electron chi connectivity index (χ2n) is 3.88. The van der Waals surface area contributed by atoms with Crippen LogP contribution in [0.25, 0.3) is 0 Å². The van der Waals surface area contributed by atoms with Crippen molar-refractivity contribution < 1.29 is 9.50 Å². The number of aliphatic hydroxyl groups is 1. The lowest BCUT2D eigenvalue weighted by molar-refractivity contribution is 0.350. The van der Waals surface area contributed by atoms with Gasteiger partial charge in [-0.15, -0.1) is 0 Å². The average Bonchev–Trinajstić information content (AvgIpc) is 2.76. The Morgan fingerprint density at radius 1 is 1.44 bits per heavy atom. The molecule has 0 fully saturated rings. The highest BCUT2D eigenvalue weighted by Gasteiger charge is 2.03. The van der Waals surface area contributed by atoms with Crippen LogP contribution in [0.1, 0.15) is 17.0 Å². The Morgan fingerprint density at radius 2 is 2.28 bits per heavy atom. The van der Waals surface area contributed by atoms with Crippen molar-refractivity contribution >= 4 is 0 Å². The number of aromatic nitrogens is 2. The smallest absolute Gasteiger partial charge is 0.138 e. The van der Waals surface area contributed by atoms with Gasteiger partial charge in [0.2, 0.25) is 0 Å². The normalized spacial score (nSPS) is 9.94. The van der Waals surface area contributed by atoms with Gasteiger partial charge in [-0.05, 0) is 24.6 Å². The van der Waals surface area contributed by atoms with E-state index in [4.69, 9.17) is 5.11 Å². The van der Waals surface area contributed by atoms with Gasteiger partial charge >= 0.3 is 0 Å². The third-order valence-electron chi connectivity index (χ3n) is 2.61. The molecule has 1 N–H and O–H groups in total. The molecule has 0 spiro atoms. The number of benzene rings is 1. The molecule has 18 heavy (non-hydrogen) atoms. The van der Waals surface area contributed by atoms with Crippen molar-refractivity contribution in [3.63, 3.8) is 0 Å². The SMILES string of the molecule is Cc1nccn1Cc1ccc(F)c(C#CCO)c1. The number of aliphatic hydroxyl groups excluding tert-OH is 1. The highest BCUT2D eigenvalue weighted by molar-refractivity contribution is 5.38. The van der Waals surface area contributed by atoms with Crippen molar-refractivity contribution in [3.8, 4) is 11.8 Å². The fourth-order valence-corrected chi connectivity index (χ4v) is 1.67. The number of nitrogens with zero attached hydrogens (tertiary/aromatic N) is 2. The summed E-state index contributed by atoms with van der Waals surface area (Å²) in [6.45, 7) is 2.26. The predicted octanol–water partition coefficient (Wildman–Crippen LogP) is 1.72. The number of hydrogen-bond acceptors (Lipinski definition) is 2. The lowest BCUT2D eigenvalue weighted by Crippen LogP contribution is -2.01. The highest BCUT2D eigenvalue weighted by atomic mass is 19.1. The Labute approximate surface area is 105 Å². The number of imidazole rings is 1. The first-order valence-corrected chi connectivity index (χ1v) is 5.56. The van der Waals surface area contributed by atoms with Gasteiger partial charge < -0.3 is 9.67 Å². The lowest BCUT2D eigenvalue weighted by Gasteiger charge is -2.06. The van der Waals surface area contributed by atoms with Gasteiger partial charge in [0.15, 0.2) is 0 Å². The van der Waals surface area contributed by atoms with Crippen LogP contribution >= 0.6 is 0 Å². The van der Waals surface area contributed by atoms with Crippen molar-refractivity contribution in [2.45, 2.75) is 13.5 Å². The summed E-state index contributed by atoms with van der Waals surface area (Å²) in [5.74, 6) is 5.58. The topological polar surface area (TPSA) is 38.0 Å². The molecule has 0 saturated carbocycles. The molecule has 0 saturated heterocycles. The summed E-state index contributed by atoms with van der Waals surface area (Å²) < 4.78 is 15.4. The number of aryl methyl sites for hydroxylation is 1. The van der Waals surface area contributed by atoms with Crippen molar-refractivity contribution in [2.24, 2.45) is 0 Å². The van der Waals surface area contributed by atoms with Crippen LogP contribution in [-0.2, 0) is 6.54 Å². The minimum atomic E-state index is -0.373. The molecule has 0 bridgehead atoms. The van der Waals surface area contributed by atoms with Crippen LogP contribution in [0, 0.1) is 24.6 Å². The largest absolute Gasteiger partial charge is 0.384 e. The third-order valence-corrected chi connectivity index (χ3v) is 2.61. The maximum Gasteiger partial charge on any atom is 0.138 e. The first-order valence-electron chi connectivity index (χ1n) is 5.56. The lowest BCUT2D eigenvalue weighted by atomic mass is 10.1. The molecule has 4 heteroatoms. The first kappa shape index (κ1) is 12.3. The Kier molecular flexibility index (Phi) is 3.75. The van der Waals surface area contributed by atoms with Gasteiger partial charge in [-0.2, -0.15) is 0 Å². The zero-order valence-corrected chi connectivity index (χ0v) is 10.0. The van der Waals surface area contributed by atoms with E-state index in [0.29, 0.717) is 12.1 Å². The molecule has 0 aliphatic rings. The molecule has 0 radical (unpaired) electrons. The number of rotatable bonds is 2. The molecule has 2 rings (SSSR count). The molecule has 0 aliphatic carbocycles. The summed E-state index contributed by atoms with van der Waals surface area (Å²) in [5.41, 5.74) is 1.25. The van der Waals surface area contributed by atoms with Gasteiger partial charge in [-0.1, -0.05) is 17.9 Å². The van der Waals surface area contributed by atoms with Gasteiger partial charge in [0, 0.05) is 18.9 Å². The van der Waals surface area contributed by atoms with E-state index in [1.165, 1.54) is 6.07 Å². The van der Waals surface area contributed by atoms with Crippen LogP contribution in [0.5, 0.6) is 0 Å². The number of hydrogen-bond donors (Lipinski definition) is 1. The van der Waals surface area contributed by atoms with E-state index >= 15 is 0 Å². The van der Waals surface area contributed by atoms with E-state index in [2.05, 4.69) is 16.8 Å². The van der Waals surface area contributed by atoms with Crippen LogP contribution < -0.4 is 0 Å². The van der Waals surface area contributed by atoms with E-state index in [1.54, 1.807) is 18.3 Å². The van der Waals surface area contributed by atoms with E-state index in [-0.39, 0.29) is 12.4 Å². The fraction of sp³-hybridized carbons (Fsp3) is 0.214. The quantitative estimate of drug-likeness (QED) is 0.817. The molecule has 0 unspecified atom stereocenters. The molecule has 1 aromatic carbocycles. The van der Waals surface area contributed by atoms with Crippen molar-refractivity contribution in [3.05, 3.63) is 53.4 Å². The van der Waals surface area contributed by atoms with E-state index < -0.39 is 0 Å². The van der Waals surface area contributed by atoms with Gasteiger partial charge in [-0.3, -0.25) is 0 Å². The maximum absolute atomic E-state index is 13.4. The Balaban J connectivity index is 2.27. The van der Waals surface area contributed by atoms with E-state index in [9.17, 15) is 4.39 Å². The molecule has 92 valence electrons. The summed E-state index contributed by atoms with van der Waals surface area (Å²) in [6.07, 6.45) is 3.60. The molecular formula is C14H13FN2O. The Morgan fingerprint density at radius 3 is 2.94 bits per heavy atom. The van der Waals surface area contributed by atoms with Gasteiger partial charge in [0.1, 0.15) is 18.2 Å². The Hall–Kier alpha value is -2.12. The van der Waals surface area contributed by atoms with Crippen molar-refractivity contribution in [1.82, 2.24) is 9.55 Å². The summed E-state index contributed by atoms with van der Waals surface area (Å²) in [5, 5.41) is 8.62. The molecule has 0 amide bonds.